The molecule has 1 aliphatic heterocycles. The molecule has 30 heavy (non-hydrogen) atoms. The number of likely N-dealkylation sites (tertiary alicyclic amines) is 1. The number of hydrogen-bond acceptors (Lipinski definition) is 2. The molecule has 2 fully saturated rings. The summed E-state index contributed by atoms with van der Waals surface area (Å²) in [5.74, 6) is 0.00643. The van der Waals surface area contributed by atoms with E-state index in [1.165, 1.54) is 16.7 Å². The number of imide groups is 1. The zero-order chi connectivity index (χ0) is 22.1. The van der Waals surface area contributed by atoms with Gasteiger partial charge in [0, 0.05) is 5.56 Å². The summed E-state index contributed by atoms with van der Waals surface area (Å²) in [4.78, 5) is 28.3. The van der Waals surface area contributed by atoms with Crippen LogP contribution in [0.5, 0.6) is 0 Å². The van der Waals surface area contributed by atoms with Crippen LogP contribution in [0.25, 0.3) is 0 Å². The van der Waals surface area contributed by atoms with E-state index in [-0.39, 0.29) is 35.5 Å². The third kappa shape index (κ3) is 4.92. The lowest BCUT2D eigenvalue weighted by molar-refractivity contribution is -0.902. The molecule has 1 heterocycles. The molecule has 162 valence electrons. The zero-order valence-electron chi connectivity index (χ0n) is 19.4. The Balaban J connectivity index is 1.76. The first-order valence-electron chi connectivity index (χ1n) is 11.1. The Morgan fingerprint density at radius 1 is 0.933 bits per heavy atom. The van der Waals surface area contributed by atoms with Gasteiger partial charge in [-0.1, -0.05) is 53.6 Å². The molecular formula is C26H37N2O2+. The minimum atomic E-state index is -0.197. The van der Waals surface area contributed by atoms with E-state index in [0.717, 1.165) is 24.0 Å². The minimum absolute atomic E-state index is 0.0388. The number of fused-ring (bicyclic) bond motifs is 1. The number of carbonyl (C=O) groups is 2. The van der Waals surface area contributed by atoms with Crippen molar-refractivity contribution < 1.29 is 14.1 Å². The lowest BCUT2D eigenvalue weighted by atomic mass is 9.88. The van der Waals surface area contributed by atoms with Crippen molar-refractivity contribution in [1.29, 1.82) is 0 Å². The molecular weight excluding hydrogens is 372 g/mol. The standard InChI is InChI=1S/C26H37N2O2/c1-18(2)14-21-16-22(15-19(3)4)24-23(21)25(29)27(26(24)30)12-13-28(5,6)17-20-10-8-7-9-11-20/h7-11,14-15,21-24H,12-13,16-17H2,1-6H3/q+1. The molecule has 1 aromatic rings. The van der Waals surface area contributed by atoms with E-state index < -0.39 is 0 Å². The molecule has 1 aromatic carbocycles. The summed E-state index contributed by atoms with van der Waals surface area (Å²) < 4.78 is 0.741. The van der Waals surface area contributed by atoms with Crippen LogP contribution in [-0.2, 0) is 16.1 Å². The van der Waals surface area contributed by atoms with Gasteiger partial charge in [0.2, 0.25) is 11.8 Å². The van der Waals surface area contributed by atoms with Crippen molar-refractivity contribution in [3.8, 4) is 0 Å². The molecule has 4 heteroatoms. The normalized spacial score (nSPS) is 26.0. The highest BCUT2D eigenvalue weighted by atomic mass is 16.2. The van der Waals surface area contributed by atoms with Gasteiger partial charge in [0.15, 0.2) is 0 Å². The smallest absolute Gasteiger partial charge is 0.233 e. The van der Waals surface area contributed by atoms with Crippen molar-refractivity contribution in [2.24, 2.45) is 23.7 Å². The number of hydrogen-bond donors (Lipinski definition) is 0. The van der Waals surface area contributed by atoms with Crippen LogP contribution >= 0.6 is 0 Å². The summed E-state index contributed by atoms with van der Waals surface area (Å²) in [6, 6.07) is 10.4. The molecule has 0 radical (unpaired) electrons. The van der Waals surface area contributed by atoms with Crippen molar-refractivity contribution in [2.45, 2.75) is 40.7 Å². The number of carbonyl (C=O) groups excluding carboxylic acids is 2. The van der Waals surface area contributed by atoms with E-state index in [0.29, 0.717) is 6.54 Å². The van der Waals surface area contributed by atoms with Crippen LogP contribution in [0, 0.1) is 23.7 Å². The Bertz CT molecular complexity index is 803. The quantitative estimate of drug-likeness (QED) is 0.379. The maximum absolute atomic E-state index is 13.3. The largest absolute Gasteiger partial charge is 0.323 e. The van der Waals surface area contributed by atoms with Gasteiger partial charge in [-0.25, -0.2) is 0 Å². The van der Waals surface area contributed by atoms with Crippen LogP contribution in [0.1, 0.15) is 39.7 Å². The lowest BCUT2D eigenvalue weighted by Gasteiger charge is -2.31. The maximum atomic E-state index is 13.3. The number of amides is 2. The van der Waals surface area contributed by atoms with E-state index in [2.05, 4.69) is 78.2 Å². The maximum Gasteiger partial charge on any atom is 0.233 e. The van der Waals surface area contributed by atoms with Crippen molar-refractivity contribution in [1.82, 2.24) is 4.90 Å². The Morgan fingerprint density at radius 2 is 1.43 bits per heavy atom. The van der Waals surface area contributed by atoms with Gasteiger partial charge >= 0.3 is 0 Å². The molecule has 1 aliphatic carbocycles. The highest BCUT2D eigenvalue weighted by Gasteiger charge is 2.57. The second kappa shape index (κ2) is 8.89. The molecule has 0 N–H and O–H groups in total. The molecule has 2 aliphatic rings. The summed E-state index contributed by atoms with van der Waals surface area (Å²) in [7, 11) is 4.33. The third-order valence-electron chi connectivity index (χ3n) is 6.43. The number of allylic oxidation sites excluding steroid dienone is 4. The highest BCUT2D eigenvalue weighted by molar-refractivity contribution is 6.06. The SMILES string of the molecule is CC(C)=CC1CC(C=C(C)C)C2C(=O)N(CC[N+](C)(C)Cc3ccccc3)C(=O)C12. The average molecular weight is 410 g/mol. The predicted molar refractivity (Wildman–Crippen MR) is 121 cm³/mol. The van der Waals surface area contributed by atoms with E-state index in [1.54, 1.807) is 4.90 Å². The second-order valence-corrected chi connectivity index (χ2v) is 10.2. The van der Waals surface area contributed by atoms with Gasteiger partial charge in [0.1, 0.15) is 6.54 Å². The number of nitrogens with zero attached hydrogens (tertiary/aromatic N) is 2. The monoisotopic (exact) mass is 409 g/mol. The summed E-state index contributed by atoms with van der Waals surface area (Å²) >= 11 is 0. The molecule has 3 rings (SSSR count). The lowest BCUT2D eigenvalue weighted by Crippen LogP contribution is -2.46. The van der Waals surface area contributed by atoms with E-state index in [4.69, 9.17) is 0 Å². The van der Waals surface area contributed by atoms with Crippen molar-refractivity contribution in [2.75, 3.05) is 27.2 Å². The van der Waals surface area contributed by atoms with Crippen molar-refractivity contribution in [3.63, 3.8) is 0 Å². The highest BCUT2D eigenvalue weighted by Crippen LogP contribution is 2.49. The van der Waals surface area contributed by atoms with Gasteiger partial charge in [-0.15, -0.1) is 0 Å². The topological polar surface area (TPSA) is 37.4 Å². The summed E-state index contributed by atoms with van der Waals surface area (Å²) in [6.07, 6.45) is 5.31. The van der Waals surface area contributed by atoms with Gasteiger partial charge in [0.05, 0.1) is 39.0 Å². The fourth-order valence-corrected chi connectivity index (χ4v) is 5.23. The fourth-order valence-electron chi connectivity index (χ4n) is 5.23. The van der Waals surface area contributed by atoms with Gasteiger partial charge in [0.25, 0.3) is 0 Å². The molecule has 1 saturated heterocycles. The van der Waals surface area contributed by atoms with E-state index >= 15 is 0 Å². The minimum Gasteiger partial charge on any atom is -0.323 e. The number of likely N-dealkylation sites (N-methyl/N-ethyl adjacent to an activating group) is 1. The van der Waals surface area contributed by atoms with Gasteiger partial charge in [-0.3, -0.25) is 14.5 Å². The molecule has 0 bridgehead atoms. The zero-order valence-corrected chi connectivity index (χ0v) is 19.4. The predicted octanol–water partition coefficient (Wildman–Crippen LogP) is 4.43. The van der Waals surface area contributed by atoms with Crippen LogP contribution in [0.3, 0.4) is 0 Å². The Morgan fingerprint density at radius 3 is 1.90 bits per heavy atom. The Hall–Kier alpha value is -2.20. The fraction of sp³-hybridized carbons (Fsp3) is 0.538. The Kier molecular flexibility index (Phi) is 6.66. The molecule has 1 saturated carbocycles. The van der Waals surface area contributed by atoms with Gasteiger partial charge < -0.3 is 4.48 Å². The number of benzene rings is 1. The molecule has 0 aromatic heterocycles. The van der Waals surface area contributed by atoms with Crippen LogP contribution in [0.15, 0.2) is 53.6 Å². The second-order valence-electron chi connectivity index (χ2n) is 10.2. The third-order valence-corrected chi connectivity index (χ3v) is 6.43. The van der Waals surface area contributed by atoms with E-state index in [1.807, 2.05) is 6.07 Å². The van der Waals surface area contributed by atoms with Crippen LogP contribution in [-0.4, -0.2) is 48.4 Å². The molecule has 4 unspecified atom stereocenters. The van der Waals surface area contributed by atoms with E-state index in [9.17, 15) is 9.59 Å². The summed E-state index contributed by atoms with van der Waals surface area (Å²) in [5.41, 5.74) is 3.71. The van der Waals surface area contributed by atoms with Crippen LogP contribution in [0.2, 0.25) is 0 Å². The van der Waals surface area contributed by atoms with Crippen molar-refractivity contribution >= 4 is 11.8 Å². The van der Waals surface area contributed by atoms with Gasteiger partial charge in [-0.05, 0) is 46.0 Å². The Labute approximate surface area is 181 Å². The van der Waals surface area contributed by atoms with Gasteiger partial charge in [-0.2, -0.15) is 0 Å². The summed E-state index contributed by atoms with van der Waals surface area (Å²) in [6.45, 7) is 10.4. The van der Waals surface area contributed by atoms with Crippen molar-refractivity contribution in [3.05, 3.63) is 59.2 Å². The first-order chi connectivity index (χ1) is 14.1. The molecule has 0 spiro atoms. The summed E-state index contributed by atoms with van der Waals surface area (Å²) in [5, 5.41) is 0. The van der Waals surface area contributed by atoms with Crippen LogP contribution < -0.4 is 0 Å². The molecule has 4 nitrogen and oxygen atoms in total. The number of quaternary nitrogens is 1. The first-order valence-corrected chi connectivity index (χ1v) is 11.1. The number of rotatable bonds is 7. The average Bonchev–Trinajstić information content (AvgIpc) is 3.09. The first kappa shape index (κ1) is 22.5. The molecule has 4 atom stereocenters. The molecule has 2 amide bonds. The van der Waals surface area contributed by atoms with Crippen LogP contribution in [0.4, 0.5) is 0 Å².